The molecule has 60 heavy (non-hydrogen) atoms. The van der Waals surface area contributed by atoms with Crippen molar-refractivity contribution in [3.8, 4) is 34.1 Å². The van der Waals surface area contributed by atoms with E-state index < -0.39 is 5.41 Å². The van der Waals surface area contributed by atoms with Crippen molar-refractivity contribution >= 4 is 34.4 Å². The van der Waals surface area contributed by atoms with Crippen LogP contribution < -0.4 is 19.3 Å². The van der Waals surface area contributed by atoms with Crippen LogP contribution in [0, 0.1) is 0 Å². The van der Waals surface area contributed by atoms with Gasteiger partial charge in [-0.1, -0.05) is 133 Å². The lowest BCUT2D eigenvalue weighted by molar-refractivity contribution is 0.476. The Morgan fingerprint density at radius 2 is 1.05 bits per heavy atom. The fourth-order valence-corrected chi connectivity index (χ4v) is 9.32. The van der Waals surface area contributed by atoms with Crippen molar-refractivity contribution in [3.63, 3.8) is 0 Å². The van der Waals surface area contributed by atoms with Crippen molar-refractivity contribution in [2.75, 3.05) is 9.80 Å². The summed E-state index contributed by atoms with van der Waals surface area (Å²) in [5.74, 6) is 4.61. The van der Waals surface area contributed by atoms with Crippen molar-refractivity contribution in [2.45, 2.75) is 57.8 Å². The number of aromatic nitrogens is 3. The molecule has 0 saturated heterocycles. The highest BCUT2D eigenvalue weighted by Crippen LogP contribution is 2.59. The topological polar surface area (TPSA) is 66.5 Å². The molecule has 1 aliphatic carbocycles. The van der Waals surface area contributed by atoms with Crippen LogP contribution in [0.15, 0.2) is 158 Å². The summed E-state index contributed by atoms with van der Waals surface area (Å²) >= 11 is 0. The molecule has 0 spiro atoms. The van der Waals surface area contributed by atoms with Crippen LogP contribution in [0.3, 0.4) is 0 Å². The van der Waals surface area contributed by atoms with E-state index in [4.69, 9.17) is 14.5 Å². The number of ether oxygens (including phenoxy) is 2. The van der Waals surface area contributed by atoms with Gasteiger partial charge in [-0.15, -0.1) is 0 Å². The molecule has 3 aliphatic rings. The molecule has 11 rings (SSSR count). The molecule has 7 heteroatoms. The Balaban J connectivity index is 1.23. The third-order valence-electron chi connectivity index (χ3n) is 12.3. The summed E-state index contributed by atoms with van der Waals surface area (Å²) in [5, 5.41) is 7.66. The van der Waals surface area contributed by atoms with Crippen LogP contribution in [0.5, 0.6) is 23.0 Å². The van der Waals surface area contributed by atoms with Gasteiger partial charge in [-0.05, 0) is 110 Å². The first-order chi connectivity index (χ1) is 29.0. The molecule has 2 aliphatic heterocycles. The van der Waals surface area contributed by atoms with Crippen molar-refractivity contribution < 1.29 is 9.47 Å². The average Bonchev–Trinajstić information content (AvgIpc) is 3.84. The number of para-hydroxylation sites is 6. The summed E-state index contributed by atoms with van der Waals surface area (Å²) in [4.78, 5) is 10.3. The molecule has 6 aromatic carbocycles. The van der Waals surface area contributed by atoms with E-state index >= 15 is 0 Å². The number of nitrogens with one attached hydrogen (secondary N) is 1. The molecule has 4 heterocycles. The molecule has 0 bridgehead atoms. The van der Waals surface area contributed by atoms with Gasteiger partial charge in [0.25, 0.3) is 0 Å². The van der Waals surface area contributed by atoms with Crippen LogP contribution >= 0.6 is 0 Å². The molecule has 0 fully saturated rings. The molecule has 7 nitrogen and oxygen atoms in total. The Morgan fingerprint density at radius 1 is 0.517 bits per heavy atom. The molecule has 8 aromatic rings. The largest absolute Gasteiger partial charge is 0.453 e. The van der Waals surface area contributed by atoms with E-state index in [1.807, 2.05) is 42.5 Å². The maximum atomic E-state index is 6.46. The second-order valence-electron chi connectivity index (χ2n) is 18.1. The normalized spacial score (nSPS) is 14.5. The first-order valence-corrected chi connectivity index (χ1v) is 20.6. The molecule has 0 radical (unpaired) electrons. The maximum Gasteiger partial charge on any atom is 0.190 e. The maximum absolute atomic E-state index is 6.46. The fourth-order valence-electron chi connectivity index (χ4n) is 9.32. The van der Waals surface area contributed by atoms with Crippen molar-refractivity contribution in [1.82, 2.24) is 15.2 Å². The highest BCUT2D eigenvalue weighted by atomic mass is 16.5. The van der Waals surface area contributed by atoms with Gasteiger partial charge in [0, 0.05) is 5.69 Å². The zero-order valence-electron chi connectivity index (χ0n) is 34.6. The number of hydrogen-bond donors (Lipinski definition) is 1. The number of anilines is 6. The fraction of sp³-hybridized carbons (Fsp3) is 0.170. The molecular formula is C53H45N5O2. The molecule has 1 N–H and O–H groups in total. The van der Waals surface area contributed by atoms with Crippen LogP contribution in [0.4, 0.5) is 34.4 Å². The molecule has 2 aromatic heterocycles. The van der Waals surface area contributed by atoms with Crippen LogP contribution in [0.1, 0.15) is 75.1 Å². The SMILES string of the molecule is CC(C)(C)c1ccc2c(c1)C(c1cccc(N3c4ccccc4Oc4cn[nH]c43)c1)(c1cccc(N3c4ccccc4Oc4ccccc43)n1)c1cc(C(C)(C)C)ccc1-2. The van der Waals surface area contributed by atoms with E-state index in [1.54, 1.807) is 6.20 Å². The first kappa shape index (κ1) is 36.0. The summed E-state index contributed by atoms with van der Waals surface area (Å²) in [6, 6.07) is 54.2. The number of aromatic amines is 1. The Morgan fingerprint density at radius 3 is 1.63 bits per heavy atom. The number of rotatable bonds is 4. The Bertz CT molecular complexity index is 2900. The Kier molecular flexibility index (Phi) is 7.76. The van der Waals surface area contributed by atoms with Gasteiger partial charge in [0.15, 0.2) is 28.8 Å². The third kappa shape index (κ3) is 5.35. The quantitative estimate of drug-likeness (QED) is 0.192. The summed E-state index contributed by atoms with van der Waals surface area (Å²) in [6.45, 7) is 13.8. The van der Waals surface area contributed by atoms with E-state index in [9.17, 15) is 0 Å². The van der Waals surface area contributed by atoms with E-state index in [-0.39, 0.29) is 10.8 Å². The first-order valence-electron chi connectivity index (χ1n) is 20.6. The van der Waals surface area contributed by atoms with Gasteiger partial charge in [0.05, 0.1) is 34.4 Å². The Hall–Kier alpha value is -7.12. The second kappa shape index (κ2) is 12.9. The second-order valence-corrected chi connectivity index (χ2v) is 18.1. The van der Waals surface area contributed by atoms with Crippen molar-refractivity contribution in [3.05, 3.63) is 191 Å². The minimum absolute atomic E-state index is 0.0982. The predicted octanol–water partition coefficient (Wildman–Crippen LogP) is 13.9. The third-order valence-corrected chi connectivity index (χ3v) is 12.3. The molecule has 294 valence electrons. The lowest BCUT2D eigenvalue weighted by Gasteiger charge is -2.37. The van der Waals surface area contributed by atoms with Gasteiger partial charge in [-0.25, -0.2) is 4.98 Å². The molecular weight excluding hydrogens is 739 g/mol. The molecule has 0 unspecified atom stereocenters. The summed E-state index contributed by atoms with van der Waals surface area (Å²) < 4.78 is 12.8. The standard InChI is InChI=1S/C53H45N5O2/c1-51(2,3)33-25-27-37-38-28-26-34(52(4,5)6)31-40(38)53(39(37)30-33,35-15-13-16-36(29-35)57-41-17-7-10-20-44(41)60-47-32-54-56-50(47)57)48-23-14-24-49(55-48)58-42-18-8-11-21-45(42)59-46-22-12-9-19-43(46)58/h7-32H,1-6H3,(H,54,56). The van der Waals surface area contributed by atoms with Crippen molar-refractivity contribution in [2.24, 2.45) is 0 Å². The van der Waals surface area contributed by atoms with Crippen LogP contribution in [0.25, 0.3) is 11.1 Å². The van der Waals surface area contributed by atoms with Gasteiger partial charge in [-0.3, -0.25) is 14.9 Å². The number of H-pyrrole nitrogens is 1. The zero-order chi connectivity index (χ0) is 41.0. The molecule has 0 saturated carbocycles. The highest BCUT2D eigenvalue weighted by Gasteiger charge is 2.49. The number of pyridine rings is 1. The predicted molar refractivity (Wildman–Crippen MR) is 241 cm³/mol. The molecule has 0 atom stereocenters. The lowest BCUT2D eigenvalue weighted by atomic mass is 9.68. The minimum atomic E-state index is -0.826. The molecule has 0 amide bonds. The summed E-state index contributed by atoms with van der Waals surface area (Å²) in [6.07, 6.45) is 1.74. The number of benzene rings is 6. The van der Waals surface area contributed by atoms with Gasteiger partial charge >= 0.3 is 0 Å². The van der Waals surface area contributed by atoms with Crippen LogP contribution in [0.2, 0.25) is 0 Å². The van der Waals surface area contributed by atoms with Crippen molar-refractivity contribution in [1.29, 1.82) is 0 Å². The minimum Gasteiger partial charge on any atom is -0.453 e. The summed E-state index contributed by atoms with van der Waals surface area (Å²) in [5.41, 5.74) is 12.2. The van der Waals surface area contributed by atoms with E-state index in [0.29, 0.717) is 5.75 Å². The Labute approximate surface area is 350 Å². The smallest absolute Gasteiger partial charge is 0.190 e. The number of hydrogen-bond acceptors (Lipinski definition) is 6. The van der Waals surface area contributed by atoms with Gasteiger partial charge in [0.1, 0.15) is 5.82 Å². The monoisotopic (exact) mass is 783 g/mol. The van der Waals surface area contributed by atoms with Crippen LogP contribution in [-0.4, -0.2) is 15.2 Å². The van der Waals surface area contributed by atoms with E-state index in [2.05, 4.69) is 171 Å². The average molecular weight is 784 g/mol. The van der Waals surface area contributed by atoms with Gasteiger partial charge < -0.3 is 9.47 Å². The van der Waals surface area contributed by atoms with Gasteiger partial charge in [0.2, 0.25) is 0 Å². The van der Waals surface area contributed by atoms with E-state index in [1.165, 1.54) is 33.4 Å². The number of nitrogens with zero attached hydrogens (tertiary/aromatic N) is 4. The number of fused-ring (bicyclic) bond motifs is 7. The highest BCUT2D eigenvalue weighted by molar-refractivity contribution is 5.90. The van der Waals surface area contributed by atoms with Crippen LogP contribution in [-0.2, 0) is 16.2 Å². The zero-order valence-corrected chi connectivity index (χ0v) is 34.6. The van der Waals surface area contributed by atoms with Gasteiger partial charge in [-0.2, -0.15) is 5.10 Å². The summed E-state index contributed by atoms with van der Waals surface area (Å²) in [7, 11) is 0. The lowest BCUT2D eigenvalue weighted by Crippen LogP contribution is -2.32. The van der Waals surface area contributed by atoms with E-state index in [0.717, 1.165) is 62.9 Å².